The lowest BCUT2D eigenvalue weighted by molar-refractivity contribution is 0.516. The molecule has 1 aliphatic carbocycles. The number of sulfone groups is 1. The van der Waals surface area contributed by atoms with Gasteiger partial charge in [0.25, 0.3) is 0 Å². The molecule has 2 nitrogen and oxygen atoms in total. The van der Waals surface area contributed by atoms with E-state index in [1.54, 1.807) is 24.3 Å². The molecule has 0 saturated heterocycles. The monoisotopic (exact) mass is 288 g/mol. The van der Waals surface area contributed by atoms with E-state index in [1.807, 2.05) is 25.1 Å². The van der Waals surface area contributed by atoms with Gasteiger partial charge in [-0.05, 0) is 31.4 Å². The molecule has 2 rings (SSSR count). The summed E-state index contributed by atoms with van der Waals surface area (Å²) in [6.07, 6.45) is 7.49. The Balaban J connectivity index is 2.46. The van der Waals surface area contributed by atoms with Crippen molar-refractivity contribution in [1.82, 2.24) is 0 Å². The van der Waals surface area contributed by atoms with Crippen molar-refractivity contribution in [1.29, 1.82) is 0 Å². The van der Waals surface area contributed by atoms with Crippen LogP contribution in [0.1, 0.15) is 39.0 Å². The maximum atomic E-state index is 13.0. The van der Waals surface area contributed by atoms with Crippen molar-refractivity contribution >= 4 is 9.84 Å². The molecule has 0 saturated carbocycles. The third kappa shape index (κ3) is 2.81. The molecular weight excluding hydrogens is 268 g/mol. The van der Waals surface area contributed by atoms with Crippen molar-refractivity contribution < 1.29 is 8.42 Å². The maximum absolute atomic E-state index is 13.0. The molecule has 0 heterocycles. The largest absolute Gasteiger partial charge is 0.223 e. The number of allylic oxidation sites excluding steroid dienone is 1. The van der Waals surface area contributed by atoms with Gasteiger partial charge in [-0.25, -0.2) is 8.42 Å². The molecule has 106 valence electrons. The van der Waals surface area contributed by atoms with Crippen molar-refractivity contribution in [3.05, 3.63) is 42.5 Å². The predicted octanol–water partition coefficient (Wildman–Crippen LogP) is 3.74. The molecule has 3 heteroatoms. The van der Waals surface area contributed by atoms with E-state index < -0.39 is 14.6 Å². The first-order chi connectivity index (χ1) is 9.62. The van der Waals surface area contributed by atoms with E-state index in [9.17, 15) is 8.42 Å². The van der Waals surface area contributed by atoms with Gasteiger partial charge in [0, 0.05) is 12.8 Å². The molecule has 0 bridgehead atoms. The molecule has 0 N–H and O–H groups in total. The van der Waals surface area contributed by atoms with Gasteiger partial charge in [-0.15, -0.1) is 11.8 Å². The van der Waals surface area contributed by atoms with Gasteiger partial charge in [-0.1, -0.05) is 37.3 Å². The van der Waals surface area contributed by atoms with E-state index in [2.05, 4.69) is 11.8 Å². The molecule has 0 aliphatic heterocycles. The van der Waals surface area contributed by atoms with Crippen LogP contribution in [0.5, 0.6) is 0 Å². The minimum atomic E-state index is -3.39. The summed E-state index contributed by atoms with van der Waals surface area (Å²) in [7, 11) is -3.39. The van der Waals surface area contributed by atoms with Gasteiger partial charge in [0.05, 0.1) is 4.90 Å². The fourth-order valence-corrected chi connectivity index (χ4v) is 4.47. The lowest BCUT2D eigenvalue weighted by Crippen LogP contribution is -2.37. The standard InChI is InChI=1S/C17H20O2S/c1-2-3-8-13-17(14-9-5-10-15-17)20(18,19)16-11-6-4-7-12-16/h4,6-7,9,11-12,14H,2,5,10,13,15H2,1H3. The van der Waals surface area contributed by atoms with Gasteiger partial charge in [0.15, 0.2) is 9.84 Å². The SMILES string of the molecule is CCC#CCC1(S(=O)(=O)c2ccccc2)C=CCCC1. The highest BCUT2D eigenvalue weighted by Gasteiger charge is 2.42. The topological polar surface area (TPSA) is 34.1 Å². The van der Waals surface area contributed by atoms with Crippen molar-refractivity contribution in [2.75, 3.05) is 0 Å². The molecule has 1 aliphatic rings. The van der Waals surface area contributed by atoms with Gasteiger partial charge in [0.2, 0.25) is 0 Å². The van der Waals surface area contributed by atoms with Crippen LogP contribution in [-0.2, 0) is 9.84 Å². The van der Waals surface area contributed by atoms with Crippen LogP contribution in [0.15, 0.2) is 47.4 Å². The molecule has 0 fully saturated rings. The third-order valence-corrected chi connectivity index (χ3v) is 6.12. The van der Waals surface area contributed by atoms with Gasteiger partial charge in [-0.2, -0.15) is 0 Å². The van der Waals surface area contributed by atoms with E-state index in [0.717, 1.165) is 19.3 Å². The van der Waals surface area contributed by atoms with Crippen molar-refractivity contribution in [3.63, 3.8) is 0 Å². The lowest BCUT2D eigenvalue weighted by atomic mass is 9.92. The lowest BCUT2D eigenvalue weighted by Gasteiger charge is -2.31. The number of hydrogen-bond acceptors (Lipinski definition) is 2. The average molecular weight is 288 g/mol. The van der Waals surface area contributed by atoms with Gasteiger partial charge < -0.3 is 0 Å². The van der Waals surface area contributed by atoms with Crippen molar-refractivity contribution in [2.24, 2.45) is 0 Å². The summed E-state index contributed by atoms with van der Waals surface area (Å²) >= 11 is 0. The molecule has 1 atom stereocenters. The fourth-order valence-electron chi connectivity index (χ4n) is 2.54. The van der Waals surface area contributed by atoms with Crippen LogP contribution < -0.4 is 0 Å². The van der Waals surface area contributed by atoms with Crippen LogP contribution in [0, 0.1) is 11.8 Å². The summed E-state index contributed by atoms with van der Waals surface area (Å²) in [6, 6.07) is 8.72. The Kier molecular flexibility index (Phi) is 4.67. The first-order valence-electron chi connectivity index (χ1n) is 7.05. The quantitative estimate of drug-likeness (QED) is 0.627. The Morgan fingerprint density at radius 2 is 1.95 bits per heavy atom. The summed E-state index contributed by atoms with van der Waals surface area (Å²) in [6.45, 7) is 1.97. The van der Waals surface area contributed by atoms with E-state index in [0.29, 0.717) is 17.7 Å². The number of benzene rings is 1. The highest BCUT2D eigenvalue weighted by Crippen LogP contribution is 2.37. The molecule has 1 unspecified atom stereocenters. The third-order valence-electron chi connectivity index (χ3n) is 3.67. The highest BCUT2D eigenvalue weighted by atomic mass is 32.2. The van der Waals surface area contributed by atoms with Crippen LogP contribution in [0.4, 0.5) is 0 Å². The molecule has 1 aromatic rings. The second kappa shape index (κ2) is 6.28. The Bertz CT molecular complexity index is 633. The number of rotatable bonds is 3. The maximum Gasteiger partial charge on any atom is 0.188 e. The van der Waals surface area contributed by atoms with Gasteiger partial charge in [-0.3, -0.25) is 0 Å². The minimum absolute atomic E-state index is 0.383. The van der Waals surface area contributed by atoms with Gasteiger partial charge >= 0.3 is 0 Å². The normalized spacial score (nSPS) is 22.1. The van der Waals surface area contributed by atoms with Crippen LogP contribution in [-0.4, -0.2) is 13.2 Å². The van der Waals surface area contributed by atoms with E-state index in [1.165, 1.54) is 0 Å². The second-order valence-corrected chi connectivity index (χ2v) is 7.35. The summed E-state index contributed by atoms with van der Waals surface area (Å²) in [5, 5.41) is 0. The van der Waals surface area contributed by atoms with Crippen LogP contribution in [0.3, 0.4) is 0 Å². The van der Waals surface area contributed by atoms with Gasteiger partial charge in [0.1, 0.15) is 4.75 Å². The highest BCUT2D eigenvalue weighted by molar-refractivity contribution is 7.93. The predicted molar refractivity (Wildman–Crippen MR) is 82.0 cm³/mol. The van der Waals surface area contributed by atoms with Crippen molar-refractivity contribution in [3.8, 4) is 11.8 Å². The smallest absolute Gasteiger partial charge is 0.188 e. The van der Waals surface area contributed by atoms with Crippen LogP contribution in [0.25, 0.3) is 0 Å². The van der Waals surface area contributed by atoms with E-state index >= 15 is 0 Å². The summed E-state index contributed by atoms with van der Waals surface area (Å²) in [5.74, 6) is 6.04. The van der Waals surface area contributed by atoms with Crippen LogP contribution in [0.2, 0.25) is 0 Å². The first-order valence-corrected chi connectivity index (χ1v) is 8.54. The molecule has 0 amide bonds. The average Bonchev–Trinajstić information content (AvgIpc) is 2.49. The summed E-state index contributed by atoms with van der Waals surface area (Å²) < 4.78 is 25.1. The van der Waals surface area contributed by atoms with Crippen molar-refractivity contribution in [2.45, 2.75) is 48.7 Å². The minimum Gasteiger partial charge on any atom is -0.223 e. The second-order valence-electron chi connectivity index (χ2n) is 5.06. The molecule has 0 radical (unpaired) electrons. The molecule has 20 heavy (non-hydrogen) atoms. The Labute approximate surface area is 121 Å². The Morgan fingerprint density at radius 1 is 1.20 bits per heavy atom. The van der Waals surface area contributed by atoms with Crippen LogP contribution >= 0.6 is 0 Å². The Morgan fingerprint density at radius 3 is 2.55 bits per heavy atom. The molecular formula is C17H20O2S. The molecule has 1 aromatic carbocycles. The first kappa shape index (κ1) is 14.9. The molecule has 0 spiro atoms. The zero-order chi connectivity index (χ0) is 14.5. The zero-order valence-corrected chi connectivity index (χ0v) is 12.6. The molecule has 0 aromatic heterocycles. The van der Waals surface area contributed by atoms with E-state index in [-0.39, 0.29) is 0 Å². The Hall–Kier alpha value is -1.53. The summed E-state index contributed by atoms with van der Waals surface area (Å²) in [5.41, 5.74) is 0. The number of hydrogen-bond donors (Lipinski definition) is 0. The summed E-state index contributed by atoms with van der Waals surface area (Å²) in [4.78, 5) is 0.393. The zero-order valence-electron chi connectivity index (χ0n) is 11.8. The fraction of sp³-hybridized carbons (Fsp3) is 0.412. The van der Waals surface area contributed by atoms with E-state index in [4.69, 9.17) is 0 Å².